The van der Waals surface area contributed by atoms with Crippen molar-refractivity contribution in [2.24, 2.45) is 23.2 Å². The predicted octanol–water partition coefficient (Wildman–Crippen LogP) is 4.24. The molecule has 3 aliphatic rings. The van der Waals surface area contributed by atoms with Crippen molar-refractivity contribution in [3.8, 4) is 0 Å². The van der Waals surface area contributed by atoms with Gasteiger partial charge in [0.1, 0.15) is 0 Å². The summed E-state index contributed by atoms with van der Waals surface area (Å²) in [5.74, 6) is 2.04. The van der Waals surface area contributed by atoms with E-state index in [2.05, 4.69) is 43.0 Å². The molecule has 1 unspecified atom stereocenters. The Labute approximate surface area is 152 Å². The van der Waals surface area contributed by atoms with Crippen LogP contribution in [0.2, 0.25) is 0 Å². The van der Waals surface area contributed by atoms with Crippen LogP contribution in [0, 0.1) is 23.2 Å². The number of fused-ring (bicyclic) bond motifs is 2. The average molecular weight is 350 g/mol. The highest BCUT2D eigenvalue weighted by Gasteiger charge is 2.57. The summed E-state index contributed by atoms with van der Waals surface area (Å²) < 4.78 is 4.66. The number of nitrogens with one attached hydrogen (secondary N) is 1. The van der Waals surface area contributed by atoms with E-state index < -0.39 is 0 Å². The van der Waals surface area contributed by atoms with Crippen molar-refractivity contribution in [2.45, 2.75) is 78.2 Å². The lowest BCUT2D eigenvalue weighted by molar-refractivity contribution is -0.140. The number of allylic oxidation sites excluding steroid dienone is 2. The molecule has 1 N–H and O–H groups in total. The van der Waals surface area contributed by atoms with Crippen molar-refractivity contribution in [3.05, 3.63) is 12.2 Å². The Bertz CT molecular complexity index is 497. The molecule has 0 aromatic heterocycles. The maximum absolute atomic E-state index is 12.2. The van der Waals surface area contributed by atoms with E-state index in [-0.39, 0.29) is 11.9 Å². The lowest BCUT2D eigenvalue weighted by atomic mass is 9.44. The van der Waals surface area contributed by atoms with Crippen molar-refractivity contribution in [3.63, 3.8) is 0 Å². The Morgan fingerprint density at radius 2 is 1.96 bits per heavy atom. The fraction of sp³-hybridized carbons (Fsp3) is 0.810. The zero-order valence-electron chi connectivity index (χ0n) is 16.3. The minimum absolute atomic E-state index is 0.137. The molecule has 0 aromatic rings. The van der Waals surface area contributed by atoms with Crippen molar-refractivity contribution in [2.75, 3.05) is 7.11 Å². The molecule has 0 radical (unpaired) electrons. The molecule has 0 spiro atoms. The Morgan fingerprint density at radius 3 is 2.60 bits per heavy atom. The van der Waals surface area contributed by atoms with Crippen LogP contribution in [0.1, 0.15) is 72.1 Å². The maximum Gasteiger partial charge on any atom is 0.305 e. The van der Waals surface area contributed by atoms with E-state index in [1.807, 2.05) is 0 Å². The number of unbranched alkanes of at least 4 members (excludes halogenated alkanes) is 1. The number of hydrogen-bond donors (Lipinski definition) is 1. The van der Waals surface area contributed by atoms with Gasteiger partial charge in [0, 0.05) is 18.9 Å². The van der Waals surface area contributed by atoms with Crippen LogP contribution in [0.25, 0.3) is 0 Å². The second-order valence-corrected chi connectivity index (χ2v) is 8.38. The lowest BCUT2D eigenvalue weighted by Crippen LogP contribution is -2.63. The first kappa shape index (κ1) is 20.0. The van der Waals surface area contributed by atoms with E-state index in [9.17, 15) is 9.59 Å². The summed E-state index contributed by atoms with van der Waals surface area (Å²) in [6.07, 6.45) is 11.7. The zero-order valence-corrected chi connectivity index (χ0v) is 16.3. The van der Waals surface area contributed by atoms with Gasteiger partial charge in [-0.3, -0.25) is 9.59 Å². The second kappa shape index (κ2) is 8.86. The van der Waals surface area contributed by atoms with E-state index in [1.54, 1.807) is 0 Å². The van der Waals surface area contributed by atoms with Gasteiger partial charge in [-0.15, -0.1) is 0 Å². The monoisotopic (exact) mass is 349 g/mol. The lowest BCUT2D eigenvalue weighted by Gasteiger charge is -2.62. The molecule has 3 saturated carbocycles. The molecule has 1 amide bonds. The van der Waals surface area contributed by atoms with Gasteiger partial charge in [-0.25, -0.2) is 0 Å². The standard InChI is InChI=1S/C21H35NO3/c1-5-10-18(23)22-20-15(13-16-14-17(20)21(16,2)3)11-8-6-7-9-12-19(24)25-4/h6,8,15-17,20H,5,7,9-14H2,1-4H3,(H,22,23)/b8-6-/t15-,16+,17+,20?/m0/s1. The quantitative estimate of drug-likeness (QED) is 0.385. The Balaban J connectivity index is 1.85. The summed E-state index contributed by atoms with van der Waals surface area (Å²) in [7, 11) is 1.43. The van der Waals surface area contributed by atoms with Crippen LogP contribution in [0.4, 0.5) is 0 Å². The normalized spacial score (nSPS) is 29.9. The summed E-state index contributed by atoms with van der Waals surface area (Å²) in [4.78, 5) is 23.3. The minimum Gasteiger partial charge on any atom is -0.469 e. The van der Waals surface area contributed by atoms with Crippen LogP contribution < -0.4 is 5.32 Å². The maximum atomic E-state index is 12.2. The molecular weight excluding hydrogens is 314 g/mol. The summed E-state index contributed by atoms with van der Waals surface area (Å²) in [5.41, 5.74) is 0.366. The fourth-order valence-electron chi connectivity index (χ4n) is 4.71. The number of methoxy groups -OCH3 is 1. The third-order valence-electron chi connectivity index (χ3n) is 6.46. The van der Waals surface area contributed by atoms with E-state index in [0.717, 1.165) is 31.6 Å². The van der Waals surface area contributed by atoms with Crippen LogP contribution in [0.3, 0.4) is 0 Å². The molecule has 2 bridgehead atoms. The number of esters is 1. The highest BCUT2D eigenvalue weighted by atomic mass is 16.5. The first-order chi connectivity index (χ1) is 11.9. The number of amides is 1. The molecule has 142 valence electrons. The van der Waals surface area contributed by atoms with Gasteiger partial charge in [-0.1, -0.05) is 32.9 Å². The van der Waals surface area contributed by atoms with Gasteiger partial charge in [0.05, 0.1) is 7.11 Å². The smallest absolute Gasteiger partial charge is 0.305 e. The molecule has 0 saturated heterocycles. The molecule has 25 heavy (non-hydrogen) atoms. The zero-order chi connectivity index (χ0) is 18.4. The number of hydrogen-bond acceptors (Lipinski definition) is 3. The summed E-state index contributed by atoms with van der Waals surface area (Å²) in [5, 5.41) is 3.35. The van der Waals surface area contributed by atoms with Crippen LogP contribution in [0.5, 0.6) is 0 Å². The van der Waals surface area contributed by atoms with Crippen LogP contribution in [0.15, 0.2) is 12.2 Å². The average Bonchev–Trinajstić information content (AvgIpc) is 2.58. The molecular formula is C21H35NO3. The number of carbonyl (C=O) groups is 2. The summed E-state index contributed by atoms with van der Waals surface area (Å²) in [6, 6.07) is 0.318. The first-order valence-corrected chi connectivity index (χ1v) is 9.91. The van der Waals surface area contributed by atoms with Gasteiger partial charge >= 0.3 is 5.97 Å². The number of rotatable bonds is 9. The molecule has 4 nitrogen and oxygen atoms in total. The fourth-order valence-corrected chi connectivity index (χ4v) is 4.71. The van der Waals surface area contributed by atoms with Gasteiger partial charge in [-0.2, -0.15) is 0 Å². The number of ether oxygens (including phenoxy) is 1. The Morgan fingerprint density at radius 1 is 1.20 bits per heavy atom. The van der Waals surface area contributed by atoms with E-state index in [4.69, 9.17) is 0 Å². The molecule has 3 aliphatic carbocycles. The molecule has 0 heterocycles. The van der Waals surface area contributed by atoms with Crippen LogP contribution in [-0.2, 0) is 14.3 Å². The molecule has 4 heteroatoms. The topological polar surface area (TPSA) is 55.4 Å². The molecule has 0 aliphatic heterocycles. The van der Waals surface area contributed by atoms with Crippen molar-refractivity contribution in [1.29, 1.82) is 0 Å². The van der Waals surface area contributed by atoms with Crippen LogP contribution >= 0.6 is 0 Å². The van der Waals surface area contributed by atoms with Crippen molar-refractivity contribution in [1.82, 2.24) is 5.32 Å². The van der Waals surface area contributed by atoms with Gasteiger partial charge in [-0.05, 0) is 61.7 Å². The van der Waals surface area contributed by atoms with Crippen molar-refractivity contribution >= 4 is 11.9 Å². The van der Waals surface area contributed by atoms with E-state index in [0.29, 0.717) is 36.1 Å². The molecule has 4 atom stereocenters. The number of carbonyl (C=O) groups excluding carboxylic acids is 2. The SMILES string of the molecule is CCCC(=O)NC1[C@@H](C/C=C\CCCC(=O)OC)C[C@@H]2C[C@H]1C2(C)C. The largest absolute Gasteiger partial charge is 0.469 e. The van der Waals surface area contributed by atoms with Crippen molar-refractivity contribution < 1.29 is 14.3 Å². The van der Waals surface area contributed by atoms with E-state index >= 15 is 0 Å². The highest BCUT2D eigenvalue weighted by Crippen LogP contribution is 2.61. The minimum atomic E-state index is -0.137. The van der Waals surface area contributed by atoms with Crippen LogP contribution in [-0.4, -0.2) is 25.0 Å². The first-order valence-electron chi connectivity index (χ1n) is 9.91. The molecule has 0 aromatic carbocycles. The van der Waals surface area contributed by atoms with Gasteiger partial charge in [0.25, 0.3) is 0 Å². The molecule has 3 fully saturated rings. The van der Waals surface area contributed by atoms with Gasteiger partial charge in [0.2, 0.25) is 5.91 Å². The van der Waals surface area contributed by atoms with Gasteiger partial charge in [0.15, 0.2) is 0 Å². The summed E-state index contributed by atoms with van der Waals surface area (Å²) in [6.45, 7) is 6.78. The second-order valence-electron chi connectivity index (χ2n) is 8.38. The van der Waals surface area contributed by atoms with Gasteiger partial charge < -0.3 is 10.1 Å². The third-order valence-corrected chi connectivity index (χ3v) is 6.46. The Hall–Kier alpha value is -1.32. The highest BCUT2D eigenvalue weighted by molar-refractivity contribution is 5.76. The summed E-state index contributed by atoms with van der Waals surface area (Å²) >= 11 is 0. The third kappa shape index (κ3) is 4.86. The molecule has 3 rings (SSSR count). The predicted molar refractivity (Wildman–Crippen MR) is 99.9 cm³/mol. The Kier molecular flexibility index (Phi) is 7.09. The van der Waals surface area contributed by atoms with E-state index in [1.165, 1.54) is 20.0 Å².